The number of rotatable bonds is 7. The first-order chi connectivity index (χ1) is 16.1. The lowest BCUT2D eigenvalue weighted by Gasteiger charge is -2.20. The number of furan rings is 1. The zero-order valence-electron chi connectivity index (χ0n) is 18.2. The van der Waals surface area contributed by atoms with Gasteiger partial charge in [-0.25, -0.2) is 5.01 Å². The maximum Gasteiger partial charge on any atom is 0.262 e. The van der Waals surface area contributed by atoms with E-state index in [2.05, 4.69) is 21.7 Å². The molecule has 166 valence electrons. The van der Waals surface area contributed by atoms with Crippen molar-refractivity contribution in [3.8, 4) is 12.3 Å². The summed E-state index contributed by atoms with van der Waals surface area (Å²) in [4.78, 5) is 25.6. The lowest BCUT2D eigenvalue weighted by molar-refractivity contribution is -0.131. The molecule has 1 unspecified atom stereocenters. The van der Waals surface area contributed by atoms with Crippen molar-refractivity contribution in [1.82, 2.24) is 10.3 Å². The number of hydrogen-bond donors (Lipinski definition) is 2. The molecule has 0 aliphatic carbocycles. The predicted octanol–water partition coefficient (Wildman–Crippen LogP) is 3.74. The van der Waals surface area contributed by atoms with E-state index in [0.717, 1.165) is 16.8 Å². The van der Waals surface area contributed by atoms with Crippen molar-refractivity contribution in [3.63, 3.8) is 0 Å². The van der Waals surface area contributed by atoms with Crippen LogP contribution in [0, 0.1) is 19.3 Å². The molecule has 2 amide bonds. The van der Waals surface area contributed by atoms with Crippen LogP contribution in [-0.2, 0) is 4.79 Å². The van der Waals surface area contributed by atoms with Gasteiger partial charge in [0.1, 0.15) is 11.8 Å². The highest BCUT2D eigenvalue weighted by Gasteiger charge is 2.34. The lowest BCUT2D eigenvalue weighted by Crippen LogP contribution is -2.32. The summed E-state index contributed by atoms with van der Waals surface area (Å²) >= 11 is 0. The van der Waals surface area contributed by atoms with Gasteiger partial charge in [0.15, 0.2) is 0 Å². The molecule has 2 aromatic carbocycles. The summed E-state index contributed by atoms with van der Waals surface area (Å²) in [5.41, 5.74) is 3.89. The van der Waals surface area contributed by atoms with Crippen LogP contribution in [0.3, 0.4) is 0 Å². The first kappa shape index (κ1) is 21.9. The average Bonchev–Trinajstić information content (AvgIpc) is 3.52. The van der Waals surface area contributed by atoms with Crippen molar-refractivity contribution >= 4 is 23.2 Å². The number of para-hydroxylation sites is 1. The molecule has 2 heterocycles. The molecule has 7 heteroatoms. The van der Waals surface area contributed by atoms with Crippen LogP contribution in [0.5, 0.6) is 0 Å². The number of terminal acetylenes is 1. The van der Waals surface area contributed by atoms with E-state index in [9.17, 15) is 9.59 Å². The van der Waals surface area contributed by atoms with Crippen LogP contribution in [0.15, 0.2) is 76.4 Å². The van der Waals surface area contributed by atoms with E-state index >= 15 is 0 Å². The summed E-state index contributed by atoms with van der Waals surface area (Å²) in [6.07, 6.45) is 7.36. The summed E-state index contributed by atoms with van der Waals surface area (Å²) in [6, 6.07) is 18.3. The van der Waals surface area contributed by atoms with Crippen LogP contribution < -0.4 is 10.6 Å². The molecular formula is C26H24N4O3. The maximum absolute atomic E-state index is 13.2. The van der Waals surface area contributed by atoms with Gasteiger partial charge < -0.3 is 15.1 Å². The van der Waals surface area contributed by atoms with Crippen molar-refractivity contribution in [2.24, 2.45) is 5.10 Å². The number of amides is 2. The second-order valence-electron chi connectivity index (χ2n) is 7.67. The predicted molar refractivity (Wildman–Crippen MR) is 127 cm³/mol. The Morgan fingerprint density at radius 3 is 2.67 bits per heavy atom. The SMILES string of the molecule is C#CCNC(=O)c1ccccc1NCC(=O)N1N=C(c2ccc(C)cc2)CC1c1ccco1. The molecule has 2 N–H and O–H groups in total. The second-order valence-corrected chi connectivity index (χ2v) is 7.67. The molecule has 1 atom stereocenters. The van der Waals surface area contributed by atoms with Gasteiger partial charge >= 0.3 is 0 Å². The van der Waals surface area contributed by atoms with Gasteiger partial charge in [0.05, 0.1) is 30.6 Å². The third kappa shape index (κ3) is 4.96. The summed E-state index contributed by atoms with van der Waals surface area (Å²) in [5, 5.41) is 11.8. The lowest BCUT2D eigenvalue weighted by atomic mass is 10.0. The van der Waals surface area contributed by atoms with Gasteiger partial charge in [-0.05, 0) is 36.8 Å². The van der Waals surface area contributed by atoms with E-state index in [-0.39, 0.29) is 30.9 Å². The zero-order valence-corrected chi connectivity index (χ0v) is 18.2. The zero-order chi connectivity index (χ0) is 23.2. The number of benzene rings is 2. The standard InChI is InChI=1S/C26H24N4O3/c1-3-14-27-26(32)20-7-4-5-8-21(20)28-17-25(31)30-23(24-9-6-15-33-24)16-22(29-30)19-12-10-18(2)11-13-19/h1,4-13,15,23,28H,14,16-17H2,2H3,(H,27,32). The third-order valence-corrected chi connectivity index (χ3v) is 5.38. The molecule has 4 rings (SSSR count). The molecule has 33 heavy (non-hydrogen) atoms. The summed E-state index contributed by atoms with van der Waals surface area (Å²) in [5.74, 6) is 2.50. The fourth-order valence-corrected chi connectivity index (χ4v) is 3.68. The normalized spacial score (nSPS) is 15.0. The largest absolute Gasteiger partial charge is 0.467 e. The van der Waals surface area contributed by atoms with Crippen LogP contribution in [0.4, 0.5) is 5.69 Å². The first-order valence-electron chi connectivity index (χ1n) is 10.6. The number of carbonyl (C=O) groups is 2. The summed E-state index contributed by atoms with van der Waals surface area (Å²) in [7, 11) is 0. The third-order valence-electron chi connectivity index (χ3n) is 5.38. The molecule has 1 aliphatic rings. The fraction of sp³-hybridized carbons (Fsp3) is 0.192. The van der Waals surface area contributed by atoms with Gasteiger partial charge in [-0.2, -0.15) is 5.10 Å². The van der Waals surface area contributed by atoms with E-state index in [4.69, 9.17) is 10.8 Å². The van der Waals surface area contributed by atoms with Gasteiger partial charge in [-0.15, -0.1) is 6.42 Å². The van der Waals surface area contributed by atoms with Crippen LogP contribution in [0.25, 0.3) is 0 Å². The number of nitrogens with zero attached hydrogens (tertiary/aromatic N) is 2. The molecule has 0 saturated carbocycles. The number of hydrogen-bond acceptors (Lipinski definition) is 5. The molecule has 1 aromatic heterocycles. The Hall–Kier alpha value is -4.31. The number of aryl methyl sites for hydroxylation is 1. The Bertz CT molecular complexity index is 1210. The van der Waals surface area contributed by atoms with Crippen molar-refractivity contribution < 1.29 is 14.0 Å². The highest BCUT2D eigenvalue weighted by molar-refractivity contribution is 6.03. The first-order valence-corrected chi connectivity index (χ1v) is 10.6. The smallest absolute Gasteiger partial charge is 0.262 e. The molecule has 3 aromatic rings. The number of carbonyl (C=O) groups excluding carboxylic acids is 2. The van der Waals surface area contributed by atoms with Gasteiger partial charge in [0, 0.05) is 12.1 Å². The highest BCUT2D eigenvalue weighted by Crippen LogP contribution is 2.33. The molecule has 0 spiro atoms. The van der Waals surface area contributed by atoms with E-state index in [1.165, 1.54) is 5.01 Å². The van der Waals surface area contributed by atoms with Gasteiger partial charge in [0.25, 0.3) is 11.8 Å². The number of anilines is 1. The van der Waals surface area contributed by atoms with Gasteiger partial charge in [-0.3, -0.25) is 9.59 Å². The quantitative estimate of drug-likeness (QED) is 0.548. The van der Waals surface area contributed by atoms with E-state index in [0.29, 0.717) is 23.4 Å². The minimum atomic E-state index is -0.334. The van der Waals surface area contributed by atoms with Crippen LogP contribution in [-0.4, -0.2) is 35.6 Å². The van der Waals surface area contributed by atoms with E-state index in [1.807, 2.05) is 37.3 Å². The van der Waals surface area contributed by atoms with Crippen LogP contribution in [0.1, 0.15) is 39.7 Å². The molecule has 7 nitrogen and oxygen atoms in total. The summed E-state index contributed by atoms with van der Waals surface area (Å²) in [6.45, 7) is 2.11. The van der Waals surface area contributed by atoms with Crippen molar-refractivity contribution in [3.05, 3.63) is 89.4 Å². The monoisotopic (exact) mass is 440 g/mol. The van der Waals surface area contributed by atoms with E-state index in [1.54, 1.807) is 36.6 Å². The topological polar surface area (TPSA) is 86.9 Å². The summed E-state index contributed by atoms with van der Waals surface area (Å²) < 4.78 is 5.60. The van der Waals surface area contributed by atoms with Gasteiger partial charge in [-0.1, -0.05) is 47.9 Å². The van der Waals surface area contributed by atoms with Crippen molar-refractivity contribution in [1.29, 1.82) is 0 Å². The van der Waals surface area contributed by atoms with Gasteiger partial charge in [0.2, 0.25) is 0 Å². The fourth-order valence-electron chi connectivity index (χ4n) is 3.68. The Morgan fingerprint density at radius 2 is 1.94 bits per heavy atom. The van der Waals surface area contributed by atoms with Crippen LogP contribution in [0.2, 0.25) is 0 Å². The molecule has 0 radical (unpaired) electrons. The highest BCUT2D eigenvalue weighted by atomic mass is 16.3. The van der Waals surface area contributed by atoms with Crippen LogP contribution >= 0.6 is 0 Å². The molecule has 0 saturated heterocycles. The minimum Gasteiger partial charge on any atom is -0.467 e. The molecular weight excluding hydrogens is 416 g/mol. The second kappa shape index (κ2) is 9.88. The Kier molecular flexibility index (Phi) is 6.56. The maximum atomic E-state index is 13.2. The Morgan fingerprint density at radius 1 is 1.15 bits per heavy atom. The molecule has 0 bridgehead atoms. The van der Waals surface area contributed by atoms with Crippen molar-refractivity contribution in [2.75, 3.05) is 18.4 Å². The average molecular weight is 441 g/mol. The van der Waals surface area contributed by atoms with Crippen molar-refractivity contribution in [2.45, 2.75) is 19.4 Å². The number of hydrazone groups is 1. The Balaban J connectivity index is 1.53. The number of nitrogens with one attached hydrogen (secondary N) is 2. The molecule has 1 aliphatic heterocycles. The Labute approximate surface area is 192 Å². The van der Waals surface area contributed by atoms with E-state index < -0.39 is 0 Å². The minimum absolute atomic E-state index is 0.0404. The molecule has 0 fully saturated rings.